The SMILES string of the molecule is CC(C)(C)c1ccc(C(=O)NCCC(=O)N(CC2CCCO2)C2CCSC2)cc1. The van der Waals surface area contributed by atoms with E-state index in [2.05, 4.69) is 26.1 Å². The fraction of sp³-hybridized carbons (Fsp3) is 0.652. The van der Waals surface area contributed by atoms with Crippen LogP contribution >= 0.6 is 11.8 Å². The highest BCUT2D eigenvalue weighted by molar-refractivity contribution is 7.99. The lowest BCUT2D eigenvalue weighted by molar-refractivity contribution is -0.134. The van der Waals surface area contributed by atoms with Crippen molar-refractivity contribution in [3.63, 3.8) is 0 Å². The highest BCUT2D eigenvalue weighted by atomic mass is 32.2. The van der Waals surface area contributed by atoms with Gasteiger partial charge in [-0.3, -0.25) is 9.59 Å². The highest BCUT2D eigenvalue weighted by Gasteiger charge is 2.30. The van der Waals surface area contributed by atoms with Crippen LogP contribution in [0.1, 0.15) is 62.4 Å². The molecule has 0 aliphatic carbocycles. The van der Waals surface area contributed by atoms with Gasteiger partial charge in [0.2, 0.25) is 5.91 Å². The molecule has 0 saturated carbocycles. The molecule has 2 atom stereocenters. The zero-order chi connectivity index (χ0) is 20.9. The van der Waals surface area contributed by atoms with E-state index < -0.39 is 0 Å². The molecule has 0 spiro atoms. The van der Waals surface area contributed by atoms with Crippen LogP contribution in [0.15, 0.2) is 24.3 Å². The molecule has 3 rings (SSSR count). The number of rotatable bonds is 7. The summed E-state index contributed by atoms with van der Waals surface area (Å²) >= 11 is 1.91. The molecule has 2 aliphatic heterocycles. The minimum atomic E-state index is -0.125. The van der Waals surface area contributed by atoms with Crippen LogP contribution in [0, 0.1) is 0 Å². The smallest absolute Gasteiger partial charge is 0.251 e. The van der Waals surface area contributed by atoms with Crippen LogP contribution in [0.5, 0.6) is 0 Å². The zero-order valence-corrected chi connectivity index (χ0v) is 18.7. The third-order valence-electron chi connectivity index (χ3n) is 5.73. The minimum absolute atomic E-state index is 0.0619. The first-order valence-electron chi connectivity index (χ1n) is 10.7. The molecule has 1 aromatic carbocycles. The van der Waals surface area contributed by atoms with Gasteiger partial charge in [-0.15, -0.1) is 0 Å². The molecule has 160 valence electrons. The van der Waals surface area contributed by atoms with Gasteiger partial charge in [0.1, 0.15) is 0 Å². The van der Waals surface area contributed by atoms with E-state index in [-0.39, 0.29) is 23.3 Å². The summed E-state index contributed by atoms with van der Waals surface area (Å²) in [5.41, 5.74) is 1.89. The molecule has 6 heteroatoms. The minimum Gasteiger partial charge on any atom is -0.376 e. The van der Waals surface area contributed by atoms with E-state index in [1.54, 1.807) is 0 Å². The summed E-state index contributed by atoms with van der Waals surface area (Å²) in [6, 6.07) is 8.02. The number of carbonyl (C=O) groups is 2. The van der Waals surface area contributed by atoms with E-state index in [1.807, 2.05) is 40.9 Å². The number of ether oxygens (including phenoxy) is 1. The molecule has 2 unspecified atom stereocenters. The number of benzene rings is 1. The number of hydrogen-bond acceptors (Lipinski definition) is 4. The predicted molar refractivity (Wildman–Crippen MR) is 119 cm³/mol. The Labute approximate surface area is 178 Å². The average Bonchev–Trinajstić information content (AvgIpc) is 3.39. The van der Waals surface area contributed by atoms with Crippen molar-refractivity contribution < 1.29 is 14.3 Å². The monoisotopic (exact) mass is 418 g/mol. The zero-order valence-electron chi connectivity index (χ0n) is 17.9. The number of thioether (sulfide) groups is 1. The summed E-state index contributed by atoms with van der Waals surface area (Å²) in [5.74, 6) is 2.11. The second-order valence-corrected chi connectivity index (χ2v) is 10.2. The van der Waals surface area contributed by atoms with Gasteiger partial charge in [0, 0.05) is 43.5 Å². The van der Waals surface area contributed by atoms with E-state index in [4.69, 9.17) is 4.74 Å². The lowest BCUT2D eigenvalue weighted by atomic mass is 9.87. The molecule has 0 radical (unpaired) electrons. The van der Waals surface area contributed by atoms with Crippen LogP contribution in [0.3, 0.4) is 0 Å². The molecule has 2 heterocycles. The molecule has 5 nitrogen and oxygen atoms in total. The van der Waals surface area contributed by atoms with Crippen molar-refractivity contribution in [1.29, 1.82) is 0 Å². The largest absolute Gasteiger partial charge is 0.376 e. The first kappa shape index (κ1) is 22.2. The van der Waals surface area contributed by atoms with Gasteiger partial charge in [-0.25, -0.2) is 0 Å². The fourth-order valence-corrected chi connectivity index (χ4v) is 5.10. The number of nitrogens with zero attached hydrogens (tertiary/aromatic N) is 1. The van der Waals surface area contributed by atoms with Crippen molar-refractivity contribution in [2.45, 2.75) is 64.0 Å². The van der Waals surface area contributed by atoms with E-state index in [0.717, 1.165) is 37.4 Å². The van der Waals surface area contributed by atoms with Gasteiger partial charge in [-0.1, -0.05) is 32.9 Å². The second-order valence-electron chi connectivity index (χ2n) is 9.03. The Morgan fingerprint density at radius 1 is 1.21 bits per heavy atom. The molecule has 2 amide bonds. The Hall–Kier alpha value is -1.53. The van der Waals surface area contributed by atoms with E-state index in [0.29, 0.717) is 31.1 Å². The topological polar surface area (TPSA) is 58.6 Å². The van der Waals surface area contributed by atoms with Gasteiger partial charge in [-0.2, -0.15) is 11.8 Å². The molecule has 1 N–H and O–H groups in total. The average molecular weight is 419 g/mol. The summed E-state index contributed by atoms with van der Waals surface area (Å²) < 4.78 is 5.76. The maximum absolute atomic E-state index is 12.9. The third-order valence-corrected chi connectivity index (χ3v) is 6.87. The van der Waals surface area contributed by atoms with Crippen LogP contribution in [-0.4, -0.2) is 60.1 Å². The number of amides is 2. The fourth-order valence-electron chi connectivity index (χ4n) is 3.88. The van der Waals surface area contributed by atoms with Crippen molar-refractivity contribution in [3.05, 3.63) is 35.4 Å². The maximum Gasteiger partial charge on any atom is 0.251 e. The van der Waals surface area contributed by atoms with Crippen LogP contribution in [0.2, 0.25) is 0 Å². The Morgan fingerprint density at radius 2 is 1.97 bits per heavy atom. The summed E-state index contributed by atoms with van der Waals surface area (Å²) in [7, 11) is 0. The Bertz CT molecular complexity index is 687. The summed E-state index contributed by atoms with van der Waals surface area (Å²) in [6.07, 6.45) is 3.66. The molecule has 0 bridgehead atoms. The summed E-state index contributed by atoms with van der Waals surface area (Å²) in [6.45, 7) is 8.31. The first-order valence-corrected chi connectivity index (χ1v) is 11.9. The molecule has 2 aliphatic rings. The van der Waals surface area contributed by atoms with Crippen LogP contribution in [0.25, 0.3) is 0 Å². The van der Waals surface area contributed by atoms with Crippen LogP contribution < -0.4 is 5.32 Å². The Kier molecular flexibility index (Phi) is 7.63. The molecule has 2 fully saturated rings. The van der Waals surface area contributed by atoms with E-state index >= 15 is 0 Å². The van der Waals surface area contributed by atoms with Crippen LogP contribution in [0.4, 0.5) is 0 Å². The van der Waals surface area contributed by atoms with Crippen LogP contribution in [-0.2, 0) is 14.9 Å². The normalized spacial score (nSPS) is 21.9. The first-order chi connectivity index (χ1) is 13.8. The van der Waals surface area contributed by atoms with Crippen molar-refractivity contribution in [3.8, 4) is 0 Å². The standard InChI is InChI=1S/C23H34N2O3S/c1-23(2,3)18-8-6-17(7-9-18)22(27)24-12-10-21(26)25(19-11-14-29-16-19)15-20-5-4-13-28-20/h6-9,19-20H,4-5,10-16H2,1-3H3,(H,24,27). The second kappa shape index (κ2) is 9.98. The Balaban J connectivity index is 1.50. The quantitative estimate of drug-likeness (QED) is 0.735. The number of carbonyl (C=O) groups excluding carboxylic acids is 2. The highest BCUT2D eigenvalue weighted by Crippen LogP contribution is 2.25. The van der Waals surface area contributed by atoms with Gasteiger partial charge >= 0.3 is 0 Å². The maximum atomic E-state index is 12.9. The molecular formula is C23H34N2O3S. The number of hydrogen-bond donors (Lipinski definition) is 1. The molecule has 0 aromatic heterocycles. The van der Waals surface area contributed by atoms with Crippen molar-refractivity contribution in [2.75, 3.05) is 31.2 Å². The molecule has 1 aromatic rings. The Morgan fingerprint density at radius 3 is 2.55 bits per heavy atom. The number of nitrogens with one attached hydrogen (secondary N) is 1. The van der Waals surface area contributed by atoms with Crippen molar-refractivity contribution in [1.82, 2.24) is 10.2 Å². The predicted octanol–water partition coefficient (Wildman–Crippen LogP) is 3.62. The lowest BCUT2D eigenvalue weighted by Crippen LogP contribution is -2.45. The van der Waals surface area contributed by atoms with Gasteiger partial charge in [0.15, 0.2) is 0 Å². The molecule has 29 heavy (non-hydrogen) atoms. The van der Waals surface area contributed by atoms with Crippen molar-refractivity contribution >= 4 is 23.6 Å². The van der Waals surface area contributed by atoms with E-state index in [9.17, 15) is 9.59 Å². The molecular weight excluding hydrogens is 384 g/mol. The summed E-state index contributed by atoms with van der Waals surface area (Å²) in [5, 5.41) is 2.90. The van der Waals surface area contributed by atoms with E-state index in [1.165, 1.54) is 5.56 Å². The van der Waals surface area contributed by atoms with Gasteiger partial charge in [0.05, 0.1) is 6.10 Å². The lowest BCUT2D eigenvalue weighted by Gasteiger charge is -2.31. The molecule has 2 saturated heterocycles. The third kappa shape index (κ3) is 6.22. The van der Waals surface area contributed by atoms with Crippen molar-refractivity contribution in [2.24, 2.45) is 0 Å². The summed E-state index contributed by atoms with van der Waals surface area (Å²) in [4.78, 5) is 27.3. The van der Waals surface area contributed by atoms with Gasteiger partial charge in [0.25, 0.3) is 5.91 Å². The van der Waals surface area contributed by atoms with Gasteiger partial charge < -0.3 is 15.0 Å². The van der Waals surface area contributed by atoms with Gasteiger partial charge in [-0.05, 0) is 48.1 Å².